The van der Waals surface area contributed by atoms with Crippen LogP contribution in [0.25, 0.3) is 0 Å². The molecule has 0 bridgehead atoms. The predicted octanol–water partition coefficient (Wildman–Crippen LogP) is 2.38. The molecule has 4 rings (SSSR count). The number of H-pyrrole nitrogens is 1. The van der Waals surface area contributed by atoms with Crippen molar-refractivity contribution in [2.24, 2.45) is 5.92 Å². The van der Waals surface area contributed by atoms with Crippen LogP contribution in [-0.2, 0) is 0 Å². The van der Waals surface area contributed by atoms with Crippen molar-refractivity contribution in [2.45, 2.75) is 31.3 Å². The summed E-state index contributed by atoms with van der Waals surface area (Å²) >= 11 is 6.19. The van der Waals surface area contributed by atoms with Crippen molar-refractivity contribution < 1.29 is 9.53 Å². The van der Waals surface area contributed by atoms with Gasteiger partial charge in [-0.05, 0) is 37.5 Å². The van der Waals surface area contributed by atoms with E-state index >= 15 is 0 Å². The molecule has 0 amide bonds. The molecular formula is C14H13ClN4O2. The molecule has 21 heavy (non-hydrogen) atoms. The van der Waals surface area contributed by atoms with Crippen molar-refractivity contribution in [3.63, 3.8) is 0 Å². The number of halogens is 1. The van der Waals surface area contributed by atoms with E-state index in [1.807, 2.05) is 0 Å². The smallest absolute Gasteiger partial charge is 0.178 e. The maximum absolute atomic E-state index is 12.4. The summed E-state index contributed by atoms with van der Waals surface area (Å²) in [6.45, 7) is 0. The molecule has 2 saturated carbocycles. The van der Waals surface area contributed by atoms with Gasteiger partial charge < -0.3 is 4.74 Å². The summed E-state index contributed by atoms with van der Waals surface area (Å²) in [5.41, 5.74) is 0.610. The number of Topliss-reactive ketones (excluding diaryl/α,β-unsaturated/α-hetero) is 1. The van der Waals surface area contributed by atoms with Crippen molar-refractivity contribution in [3.8, 4) is 5.75 Å². The first-order valence-electron chi connectivity index (χ1n) is 6.96. The first-order valence-corrected chi connectivity index (χ1v) is 7.34. The molecule has 1 aromatic carbocycles. The van der Waals surface area contributed by atoms with Gasteiger partial charge in [0.25, 0.3) is 0 Å². The monoisotopic (exact) mass is 304 g/mol. The molecule has 6 nitrogen and oxygen atoms in total. The molecule has 0 saturated heterocycles. The Bertz CT molecular complexity index is 684. The van der Waals surface area contributed by atoms with E-state index in [0.717, 1.165) is 19.3 Å². The highest BCUT2D eigenvalue weighted by Gasteiger charge is 2.46. The third kappa shape index (κ3) is 2.51. The van der Waals surface area contributed by atoms with Crippen molar-refractivity contribution >= 4 is 17.4 Å². The second-order valence-corrected chi connectivity index (χ2v) is 5.95. The molecule has 0 spiro atoms. The zero-order valence-corrected chi connectivity index (χ0v) is 11.9. The van der Waals surface area contributed by atoms with Gasteiger partial charge in [0.1, 0.15) is 5.75 Å². The highest BCUT2D eigenvalue weighted by atomic mass is 35.5. The van der Waals surface area contributed by atoms with Crippen LogP contribution in [0.5, 0.6) is 5.75 Å². The highest BCUT2D eigenvalue weighted by molar-refractivity contribution is 6.32. The number of hydrogen-bond acceptors (Lipinski definition) is 5. The molecule has 0 unspecified atom stereocenters. The third-order valence-electron chi connectivity index (χ3n) is 3.85. The minimum atomic E-state index is -0.0751. The Morgan fingerprint density at radius 1 is 1.38 bits per heavy atom. The van der Waals surface area contributed by atoms with Crippen LogP contribution < -0.4 is 4.74 Å². The normalized spacial score (nSPS) is 23.9. The van der Waals surface area contributed by atoms with Gasteiger partial charge >= 0.3 is 0 Å². The van der Waals surface area contributed by atoms with Crippen LogP contribution in [0.4, 0.5) is 0 Å². The number of hydrogen-bond donors (Lipinski definition) is 1. The van der Waals surface area contributed by atoms with Crippen LogP contribution in [0.2, 0.25) is 5.02 Å². The number of aromatic amines is 1. The van der Waals surface area contributed by atoms with Crippen molar-refractivity contribution in [1.82, 2.24) is 20.6 Å². The number of carbonyl (C=O) groups is 1. The first kappa shape index (κ1) is 12.8. The number of ketones is 1. The standard InChI is InChI=1S/C14H13ClN4O2/c15-11-5-7(1-4-12(11)21-8-2-3-8)13(20)9-6-10(9)14-16-18-19-17-14/h1,4-5,8-10H,2-3,6H2,(H,16,17,18,19)/t9-,10-/m0/s1. The van der Waals surface area contributed by atoms with Gasteiger partial charge in [-0.1, -0.05) is 16.8 Å². The van der Waals surface area contributed by atoms with E-state index in [0.29, 0.717) is 22.2 Å². The fourth-order valence-electron chi connectivity index (χ4n) is 2.43. The maximum atomic E-state index is 12.4. The van der Waals surface area contributed by atoms with Crippen molar-refractivity contribution in [3.05, 3.63) is 34.6 Å². The molecule has 1 N–H and O–H groups in total. The Hall–Kier alpha value is -1.95. The summed E-state index contributed by atoms with van der Waals surface area (Å²) in [6, 6.07) is 5.24. The number of carbonyl (C=O) groups excluding carboxylic acids is 1. The van der Waals surface area contributed by atoms with Gasteiger partial charge in [-0.25, -0.2) is 0 Å². The molecule has 2 aromatic rings. The zero-order valence-electron chi connectivity index (χ0n) is 11.1. The first-order chi connectivity index (χ1) is 10.2. The number of benzene rings is 1. The SMILES string of the molecule is O=C(c1ccc(OC2CC2)c(Cl)c1)[C@H]1C[C@@H]1c1nn[nH]n1. The van der Waals surface area contributed by atoms with Gasteiger partial charge in [0.05, 0.1) is 11.1 Å². The van der Waals surface area contributed by atoms with Gasteiger partial charge in [0.2, 0.25) is 0 Å². The number of nitrogens with one attached hydrogen (secondary N) is 1. The minimum Gasteiger partial charge on any atom is -0.489 e. The summed E-state index contributed by atoms with van der Waals surface area (Å²) in [5, 5.41) is 14.3. The molecule has 2 aliphatic carbocycles. The van der Waals surface area contributed by atoms with E-state index < -0.39 is 0 Å². The highest BCUT2D eigenvalue weighted by Crippen LogP contribution is 2.48. The van der Waals surface area contributed by atoms with Crippen molar-refractivity contribution in [1.29, 1.82) is 0 Å². The Balaban J connectivity index is 1.48. The number of nitrogens with zero attached hydrogens (tertiary/aromatic N) is 3. The van der Waals surface area contributed by atoms with E-state index in [1.54, 1.807) is 18.2 Å². The minimum absolute atomic E-state index is 0.0671. The van der Waals surface area contributed by atoms with Crippen LogP contribution in [0.3, 0.4) is 0 Å². The zero-order chi connectivity index (χ0) is 14.4. The number of ether oxygens (including phenoxy) is 1. The topological polar surface area (TPSA) is 80.8 Å². The predicted molar refractivity (Wildman–Crippen MR) is 74.5 cm³/mol. The molecule has 0 aliphatic heterocycles. The van der Waals surface area contributed by atoms with E-state index in [2.05, 4.69) is 20.6 Å². The third-order valence-corrected chi connectivity index (χ3v) is 4.15. The number of aromatic nitrogens is 4. The molecule has 2 aliphatic rings. The van der Waals surface area contributed by atoms with Crippen LogP contribution in [0.15, 0.2) is 18.2 Å². The lowest BCUT2D eigenvalue weighted by atomic mass is 10.1. The molecular weight excluding hydrogens is 292 g/mol. The molecule has 0 radical (unpaired) electrons. The lowest BCUT2D eigenvalue weighted by Crippen LogP contribution is -2.04. The van der Waals surface area contributed by atoms with Gasteiger partial charge in [-0.2, -0.15) is 5.21 Å². The number of rotatable bonds is 5. The number of tetrazole rings is 1. The quantitative estimate of drug-likeness (QED) is 0.858. The molecule has 2 atom stereocenters. The molecule has 2 fully saturated rings. The average Bonchev–Trinajstić information content (AvgIpc) is 3.41. The summed E-state index contributed by atoms with van der Waals surface area (Å²) in [7, 11) is 0. The second kappa shape index (κ2) is 4.80. The van der Waals surface area contributed by atoms with Gasteiger partial charge in [0.15, 0.2) is 11.6 Å². The lowest BCUT2D eigenvalue weighted by molar-refractivity contribution is 0.0965. The van der Waals surface area contributed by atoms with Crippen LogP contribution in [-0.4, -0.2) is 32.5 Å². The fourth-order valence-corrected chi connectivity index (χ4v) is 2.65. The average molecular weight is 305 g/mol. The van der Waals surface area contributed by atoms with Crippen molar-refractivity contribution in [2.75, 3.05) is 0 Å². The Labute approximate surface area is 125 Å². The molecule has 1 heterocycles. The summed E-state index contributed by atoms with van der Waals surface area (Å²) in [6.07, 6.45) is 3.20. The second-order valence-electron chi connectivity index (χ2n) is 5.55. The van der Waals surface area contributed by atoms with E-state index in [4.69, 9.17) is 16.3 Å². The van der Waals surface area contributed by atoms with Gasteiger partial charge in [-0.15, -0.1) is 10.2 Å². The van der Waals surface area contributed by atoms with Gasteiger partial charge in [0, 0.05) is 17.4 Å². The Kier molecular flexibility index (Phi) is 2.92. The Morgan fingerprint density at radius 3 is 2.90 bits per heavy atom. The molecule has 7 heteroatoms. The van der Waals surface area contributed by atoms with E-state index in [1.165, 1.54) is 0 Å². The fraction of sp³-hybridized carbons (Fsp3) is 0.429. The Morgan fingerprint density at radius 2 is 2.24 bits per heavy atom. The summed E-state index contributed by atoms with van der Waals surface area (Å²) in [5.74, 6) is 1.32. The van der Waals surface area contributed by atoms with E-state index in [-0.39, 0.29) is 23.7 Å². The van der Waals surface area contributed by atoms with Crippen LogP contribution in [0, 0.1) is 5.92 Å². The molecule has 108 valence electrons. The molecule has 1 aromatic heterocycles. The summed E-state index contributed by atoms with van der Waals surface area (Å²) in [4.78, 5) is 12.4. The maximum Gasteiger partial charge on any atom is 0.178 e. The largest absolute Gasteiger partial charge is 0.489 e. The van der Waals surface area contributed by atoms with Crippen LogP contribution >= 0.6 is 11.6 Å². The van der Waals surface area contributed by atoms with E-state index in [9.17, 15) is 4.79 Å². The van der Waals surface area contributed by atoms with Gasteiger partial charge in [-0.3, -0.25) is 4.79 Å². The summed E-state index contributed by atoms with van der Waals surface area (Å²) < 4.78 is 5.67. The lowest BCUT2D eigenvalue weighted by Gasteiger charge is -2.08. The van der Waals surface area contributed by atoms with Crippen LogP contribution in [0.1, 0.15) is 41.4 Å².